The summed E-state index contributed by atoms with van der Waals surface area (Å²) in [4.78, 5) is 4.03. The lowest BCUT2D eigenvalue weighted by Crippen LogP contribution is -2.21. The molecule has 1 heterocycles. The maximum atomic E-state index is 14.8. The SMILES string of the molecule is COCC(C)Nc1cc(C)cc(Nc2ncn(-c3cc(F)cc(F)c3)n2)c1F. The molecule has 9 heteroatoms. The van der Waals surface area contributed by atoms with Gasteiger partial charge in [-0.1, -0.05) is 0 Å². The van der Waals surface area contributed by atoms with Crippen LogP contribution in [0.25, 0.3) is 5.69 Å². The van der Waals surface area contributed by atoms with Gasteiger partial charge in [0.1, 0.15) is 18.0 Å². The van der Waals surface area contributed by atoms with Crippen LogP contribution in [-0.2, 0) is 4.74 Å². The summed E-state index contributed by atoms with van der Waals surface area (Å²) in [6.07, 6.45) is 1.28. The second-order valence-electron chi connectivity index (χ2n) is 6.44. The van der Waals surface area contributed by atoms with Gasteiger partial charge in [-0.25, -0.2) is 17.9 Å². The Hall–Kier alpha value is -3.07. The van der Waals surface area contributed by atoms with Crippen molar-refractivity contribution in [2.24, 2.45) is 0 Å². The zero-order valence-electron chi connectivity index (χ0n) is 15.6. The van der Waals surface area contributed by atoms with Crippen LogP contribution in [-0.4, -0.2) is 34.5 Å². The summed E-state index contributed by atoms with van der Waals surface area (Å²) in [7, 11) is 1.57. The average molecular weight is 391 g/mol. The molecule has 0 saturated carbocycles. The van der Waals surface area contributed by atoms with Gasteiger partial charge < -0.3 is 15.4 Å². The molecule has 0 bridgehead atoms. The Morgan fingerprint density at radius 1 is 1.07 bits per heavy atom. The van der Waals surface area contributed by atoms with Crippen LogP contribution in [0.2, 0.25) is 0 Å². The van der Waals surface area contributed by atoms with Gasteiger partial charge >= 0.3 is 0 Å². The number of anilines is 3. The number of aromatic nitrogens is 3. The molecule has 0 radical (unpaired) electrons. The molecule has 3 aromatic rings. The van der Waals surface area contributed by atoms with Crippen molar-refractivity contribution in [1.82, 2.24) is 14.8 Å². The number of nitrogens with one attached hydrogen (secondary N) is 2. The molecule has 1 aromatic heterocycles. The fraction of sp³-hybridized carbons (Fsp3) is 0.263. The normalized spacial score (nSPS) is 12.1. The first-order chi connectivity index (χ1) is 13.4. The Morgan fingerprint density at radius 3 is 2.43 bits per heavy atom. The fourth-order valence-electron chi connectivity index (χ4n) is 2.76. The van der Waals surface area contributed by atoms with E-state index in [9.17, 15) is 13.2 Å². The average Bonchev–Trinajstić information content (AvgIpc) is 3.07. The van der Waals surface area contributed by atoms with Crippen LogP contribution in [0.3, 0.4) is 0 Å². The molecular weight excluding hydrogens is 371 g/mol. The van der Waals surface area contributed by atoms with E-state index in [1.54, 1.807) is 19.2 Å². The number of methoxy groups -OCH3 is 1. The van der Waals surface area contributed by atoms with Crippen molar-refractivity contribution in [3.63, 3.8) is 0 Å². The molecule has 0 spiro atoms. The van der Waals surface area contributed by atoms with Gasteiger partial charge in [0.2, 0.25) is 5.95 Å². The van der Waals surface area contributed by atoms with Crippen LogP contribution in [0.5, 0.6) is 0 Å². The molecule has 2 aromatic carbocycles. The van der Waals surface area contributed by atoms with Gasteiger partial charge in [-0.2, -0.15) is 4.98 Å². The van der Waals surface area contributed by atoms with Crippen molar-refractivity contribution in [1.29, 1.82) is 0 Å². The number of aryl methyl sites for hydroxylation is 1. The lowest BCUT2D eigenvalue weighted by atomic mass is 10.1. The summed E-state index contributed by atoms with van der Waals surface area (Å²) >= 11 is 0. The van der Waals surface area contributed by atoms with Crippen molar-refractivity contribution in [2.45, 2.75) is 19.9 Å². The van der Waals surface area contributed by atoms with Crippen molar-refractivity contribution in [3.05, 3.63) is 59.7 Å². The minimum Gasteiger partial charge on any atom is -0.383 e. The van der Waals surface area contributed by atoms with Gasteiger partial charge in [-0.05, 0) is 43.7 Å². The first-order valence-electron chi connectivity index (χ1n) is 8.56. The van der Waals surface area contributed by atoms with E-state index in [0.29, 0.717) is 12.3 Å². The zero-order chi connectivity index (χ0) is 20.3. The predicted molar refractivity (Wildman–Crippen MR) is 101 cm³/mol. The van der Waals surface area contributed by atoms with Gasteiger partial charge in [0.25, 0.3) is 0 Å². The number of nitrogens with zero attached hydrogens (tertiary/aromatic N) is 3. The second kappa shape index (κ2) is 8.30. The highest BCUT2D eigenvalue weighted by Crippen LogP contribution is 2.27. The standard InChI is InChI=1S/C19H20F3N5O/c1-11-4-16(24-12(2)9-28-3)18(22)17(5-11)25-19-23-10-27(26-19)15-7-13(20)6-14(21)8-15/h4-8,10,12,24H,9H2,1-3H3,(H,25,26). The van der Waals surface area contributed by atoms with Gasteiger partial charge in [0.15, 0.2) is 5.82 Å². The third-order valence-corrected chi connectivity index (χ3v) is 3.89. The molecule has 0 aliphatic heterocycles. The van der Waals surface area contributed by atoms with Crippen LogP contribution < -0.4 is 10.6 Å². The highest BCUT2D eigenvalue weighted by Gasteiger charge is 2.14. The van der Waals surface area contributed by atoms with Gasteiger partial charge in [-0.3, -0.25) is 0 Å². The summed E-state index contributed by atoms with van der Waals surface area (Å²) in [5.74, 6) is -1.87. The van der Waals surface area contributed by atoms with E-state index in [0.717, 1.165) is 23.8 Å². The second-order valence-corrected chi connectivity index (χ2v) is 6.44. The molecule has 0 aliphatic rings. The number of hydrogen-bond acceptors (Lipinski definition) is 5. The number of rotatable bonds is 7. The quantitative estimate of drug-likeness (QED) is 0.633. The van der Waals surface area contributed by atoms with Crippen LogP contribution in [0.15, 0.2) is 36.7 Å². The zero-order valence-corrected chi connectivity index (χ0v) is 15.6. The van der Waals surface area contributed by atoms with Gasteiger partial charge in [-0.15, -0.1) is 5.10 Å². The fourth-order valence-corrected chi connectivity index (χ4v) is 2.76. The number of benzene rings is 2. The van der Waals surface area contributed by atoms with Crippen molar-refractivity contribution in [3.8, 4) is 5.69 Å². The maximum Gasteiger partial charge on any atom is 0.247 e. The molecule has 2 N–H and O–H groups in total. The molecular formula is C19H20F3N5O. The minimum absolute atomic E-state index is 0.0880. The van der Waals surface area contributed by atoms with E-state index >= 15 is 0 Å². The Balaban J connectivity index is 1.84. The molecule has 148 valence electrons. The lowest BCUT2D eigenvalue weighted by Gasteiger charge is -2.17. The maximum absolute atomic E-state index is 14.8. The lowest BCUT2D eigenvalue weighted by molar-refractivity contribution is 0.190. The summed E-state index contributed by atoms with van der Waals surface area (Å²) in [5, 5.41) is 9.96. The molecule has 3 rings (SSSR count). The summed E-state index contributed by atoms with van der Waals surface area (Å²) in [6, 6.07) is 6.22. The number of halogens is 3. The Bertz CT molecular complexity index is 956. The molecule has 28 heavy (non-hydrogen) atoms. The van der Waals surface area contributed by atoms with E-state index in [1.807, 2.05) is 13.8 Å². The van der Waals surface area contributed by atoms with Crippen LogP contribution in [0, 0.1) is 24.4 Å². The molecule has 1 atom stereocenters. The first kappa shape index (κ1) is 19.7. The first-order valence-corrected chi connectivity index (χ1v) is 8.56. The Labute approximate surface area is 160 Å². The minimum atomic E-state index is -0.731. The molecule has 0 saturated heterocycles. The van der Waals surface area contributed by atoms with Crippen LogP contribution in [0.1, 0.15) is 12.5 Å². The molecule has 1 unspecified atom stereocenters. The van der Waals surface area contributed by atoms with Crippen LogP contribution in [0.4, 0.5) is 30.5 Å². The Kier molecular flexibility index (Phi) is 5.84. The monoisotopic (exact) mass is 391 g/mol. The molecule has 6 nitrogen and oxygen atoms in total. The van der Waals surface area contributed by atoms with Crippen molar-refractivity contribution in [2.75, 3.05) is 24.4 Å². The smallest absolute Gasteiger partial charge is 0.247 e. The topological polar surface area (TPSA) is 64.0 Å². The van der Waals surface area contributed by atoms with Gasteiger partial charge in [0, 0.05) is 19.2 Å². The van der Waals surface area contributed by atoms with Crippen molar-refractivity contribution < 1.29 is 17.9 Å². The third-order valence-electron chi connectivity index (χ3n) is 3.89. The van der Waals surface area contributed by atoms with Crippen molar-refractivity contribution >= 4 is 17.3 Å². The number of hydrogen-bond donors (Lipinski definition) is 2. The van der Waals surface area contributed by atoms with E-state index in [2.05, 4.69) is 20.7 Å². The molecule has 0 aliphatic carbocycles. The Morgan fingerprint density at radius 2 is 1.75 bits per heavy atom. The predicted octanol–water partition coefficient (Wildman–Crippen LogP) is 4.18. The number of ether oxygens (including phenoxy) is 1. The third kappa shape index (κ3) is 4.61. The van der Waals surface area contributed by atoms with E-state index in [4.69, 9.17) is 4.74 Å². The van der Waals surface area contributed by atoms with E-state index < -0.39 is 17.5 Å². The largest absolute Gasteiger partial charge is 0.383 e. The summed E-state index contributed by atoms with van der Waals surface area (Å²) < 4.78 is 47.9. The van der Waals surface area contributed by atoms with E-state index in [-0.39, 0.29) is 23.4 Å². The highest BCUT2D eigenvalue weighted by molar-refractivity contribution is 5.64. The summed E-state index contributed by atoms with van der Waals surface area (Å²) in [5.41, 5.74) is 1.48. The summed E-state index contributed by atoms with van der Waals surface area (Å²) in [6.45, 7) is 4.13. The molecule has 0 fully saturated rings. The van der Waals surface area contributed by atoms with E-state index in [1.165, 1.54) is 11.0 Å². The highest BCUT2D eigenvalue weighted by atomic mass is 19.1. The van der Waals surface area contributed by atoms with Gasteiger partial charge in [0.05, 0.1) is 23.7 Å². The van der Waals surface area contributed by atoms with Crippen LogP contribution >= 0.6 is 0 Å². The molecule has 0 amide bonds.